The second-order valence-corrected chi connectivity index (χ2v) is 52.0. The number of halogens is 6. The van der Waals surface area contributed by atoms with Crippen molar-refractivity contribution in [2.45, 2.75) is 324 Å². The molecule has 12 aliphatic rings. The number of carboxylic acids is 5. The van der Waals surface area contributed by atoms with Gasteiger partial charge in [0.05, 0.1) is 31.0 Å². The molecule has 148 heavy (non-hydrogen) atoms. The molecule has 15 atom stereocenters. The molecule has 846 valence electrons. The van der Waals surface area contributed by atoms with Crippen molar-refractivity contribution in [2.75, 3.05) is 89.5 Å². The quantitative estimate of drug-likeness (QED) is 0.0164. The summed E-state index contributed by atoms with van der Waals surface area (Å²) >= 11 is 0. The predicted octanol–water partition coefficient (Wildman–Crippen LogP) is -5.86. The molecule has 0 radical (unpaired) electrons. The Hall–Kier alpha value is -5.18. The van der Waals surface area contributed by atoms with E-state index in [2.05, 4.69) is 0 Å². The molecular formula is C81H149B5F6N20O31S5. The van der Waals surface area contributed by atoms with Crippen molar-refractivity contribution in [3.05, 3.63) is 30.3 Å². The Labute approximate surface area is 860 Å². The van der Waals surface area contributed by atoms with Gasteiger partial charge in [-0.1, -0.05) is 61.0 Å². The number of carbonyl (C=O) groups is 5. The van der Waals surface area contributed by atoms with Crippen LogP contribution in [-0.2, 0) is 79.8 Å². The van der Waals surface area contributed by atoms with Crippen LogP contribution in [0.4, 0.5) is 32.0 Å². The fourth-order valence-corrected chi connectivity index (χ4v) is 30.6. The number of ether oxygens (including phenoxy) is 1. The summed E-state index contributed by atoms with van der Waals surface area (Å²) in [4.78, 5) is 59.2. The summed E-state index contributed by atoms with van der Waals surface area (Å²) < 4.78 is 228. The van der Waals surface area contributed by atoms with Crippen molar-refractivity contribution in [1.29, 1.82) is 0 Å². The van der Waals surface area contributed by atoms with Crippen molar-refractivity contribution in [3.8, 4) is 0 Å². The average molecular weight is 2230 g/mol. The van der Waals surface area contributed by atoms with Crippen LogP contribution < -0.4 is 61.6 Å². The molecule has 0 bridgehead atoms. The molecule has 1 aromatic carbocycles. The smallest absolute Gasteiger partial charge is 0.474 e. The zero-order valence-electron chi connectivity index (χ0n) is 83.5. The first-order valence-electron chi connectivity index (χ1n) is 49.4. The van der Waals surface area contributed by atoms with Gasteiger partial charge in [0.2, 0.25) is 0 Å². The summed E-state index contributed by atoms with van der Waals surface area (Å²) in [5.41, 5.74) is 48.1. The molecule has 1 aromatic rings. The van der Waals surface area contributed by atoms with Crippen LogP contribution in [0.1, 0.15) is 182 Å². The fourth-order valence-electron chi connectivity index (χ4n) is 20.5. The van der Waals surface area contributed by atoms with Gasteiger partial charge >= 0.3 is 88.1 Å². The molecule has 6 aliphatic heterocycles. The molecule has 6 heterocycles. The Bertz CT molecular complexity index is 5210. The normalized spacial score (nSPS) is 28.9. The molecule has 67 heteroatoms. The monoisotopic (exact) mass is 2230 g/mol. The van der Waals surface area contributed by atoms with Gasteiger partial charge in [0.1, 0.15) is 34.2 Å². The first-order valence-corrected chi connectivity index (χ1v) is 56.4. The third-order valence-corrected chi connectivity index (χ3v) is 42.2. The van der Waals surface area contributed by atoms with Crippen LogP contribution >= 0.6 is 0 Å². The molecule has 12 fully saturated rings. The van der Waals surface area contributed by atoms with E-state index in [1.165, 1.54) is 24.1 Å². The first kappa shape index (κ1) is 126. The maximum absolute atomic E-state index is 13.8. The molecule has 0 amide bonds. The highest BCUT2D eigenvalue weighted by atomic mass is 32.2. The van der Waals surface area contributed by atoms with Crippen LogP contribution in [0.25, 0.3) is 0 Å². The maximum Gasteiger partial charge on any atom is 0.474 e. The van der Waals surface area contributed by atoms with Gasteiger partial charge in [-0.3, -0.25) is 28.3 Å². The van der Waals surface area contributed by atoms with Crippen LogP contribution in [0.5, 0.6) is 0 Å². The number of hydrogen-bond donors (Lipinski definition) is 25. The van der Waals surface area contributed by atoms with E-state index >= 15 is 0 Å². The van der Waals surface area contributed by atoms with E-state index in [-0.39, 0.29) is 158 Å². The number of aliphatic carboxylic acids is 5. The van der Waals surface area contributed by atoms with Crippen LogP contribution in [-0.4, -0.2) is 417 Å². The van der Waals surface area contributed by atoms with Crippen LogP contribution in [0.2, 0.25) is 31.6 Å². The van der Waals surface area contributed by atoms with Crippen molar-refractivity contribution in [3.63, 3.8) is 0 Å². The largest absolute Gasteiger partial charge is 0.480 e. The van der Waals surface area contributed by atoms with Gasteiger partial charge in [0.25, 0.3) is 40.8 Å². The highest BCUT2D eigenvalue weighted by molar-refractivity contribution is 7.90. The van der Waals surface area contributed by atoms with E-state index in [1.54, 1.807) is 44.2 Å². The zero-order valence-corrected chi connectivity index (χ0v) is 87.6. The number of nitrogens with zero attached hydrogens (tertiary/aromatic N) is 10. The van der Waals surface area contributed by atoms with Crippen molar-refractivity contribution in [1.82, 2.24) is 38.7 Å². The van der Waals surface area contributed by atoms with Gasteiger partial charge < -0.3 is 138 Å². The Kier molecular flexibility index (Phi) is 40.7. The highest BCUT2D eigenvalue weighted by Crippen LogP contribution is 2.51. The van der Waals surface area contributed by atoms with Gasteiger partial charge in [-0.2, -0.15) is 103 Å². The second kappa shape index (κ2) is 47.7. The molecule has 6 aliphatic carbocycles. The van der Waals surface area contributed by atoms with Crippen molar-refractivity contribution < 1.29 is 173 Å². The summed E-state index contributed by atoms with van der Waals surface area (Å²) in [5.74, 6) is -10.7. The summed E-state index contributed by atoms with van der Waals surface area (Å²) in [6.45, 7) is 2.97. The number of alkyl halides is 6. The SMILES string of the molecule is CC(N(C(F)(F)F)S(=O)(=O)N1C[C@H](CCCB(O)O)[C@](N)(C(=O)O)C1)C1(N)CC1.CC(N(C1CCC1)S(=O)(=O)N1C[C@H](CCCB(O)O)[C@](N)(C(=O)O)C1)C1(N)CC1.CC(N(C1COC1)S(=O)(=O)N1C[C@H](CCCB(O)O)[C@](N)(C(=O)O)C1)C1(N)CC1.CC(N(CC(F)(F)F)S(=O)(=O)N1C[C@H](CCCB(O)O)[C@](N)(C(=O)O)C1)C1(N)CC1.CC(N(c1ccccc1)S(=O)(=O)N1C[C@H](CCCB(O)O)[C@](N)(C(=O)O)C1)C1(N)CC1. The van der Waals surface area contributed by atoms with Crippen molar-refractivity contribution in [2.24, 2.45) is 86.9 Å². The van der Waals surface area contributed by atoms with Gasteiger partial charge in [0.15, 0.2) is 0 Å². The van der Waals surface area contributed by atoms with Gasteiger partial charge in [0, 0.05) is 153 Å². The molecule has 6 saturated heterocycles. The minimum atomic E-state index is -5.26. The molecule has 35 N–H and O–H groups in total. The minimum Gasteiger partial charge on any atom is -0.480 e. The Morgan fingerprint density at radius 3 is 0.858 bits per heavy atom. The second-order valence-electron chi connectivity index (χ2n) is 42.8. The van der Waals surface area contributed by atoms with E-state index in [9.17, 15) is 118 Å². The molecule has 13 rings (SSSR count). The third kappa shape index (κ3) is 29.1. The molecule has 5 unspecified atom stereocenters. The summed E-state index contributed by atoms with van der Waals surface area (Å²) in [6.07, 6.45) is 0.204. The number of para-hydroxylation sites is 1. The average Bonchev–Trinajstić information content (AvgIpc) is 1.58. The van der Waals surface area contributed by atoms with Gasteiger partial charge in [-0.05, 0) is 188 Å². The number of anilines is 1. The maximum atomic E-state index is 13.8. The fraction of sp³-hybridized carbons (Fsp3) is 0.864. The molecule has 0 aromatic heterocycles. The Morgan fingerprint density at radius 2 is 0.622 bits per heavy atom. The number of benzene rings is 1. The molecule has 51 nitrogen and oxygen atoms in total. The highest BCUT2D eigenvalue weighted by Gasteiger charge is 2.66. The van der Waals surface area contributed by atoms with Crippen molar-refractivity contribution >= 4 is 122 Å². The lowest BCUT2D eigenvalue weighted by Crippen LogP contribution is -2.63. The van der Waals surface area contributed by atoms with Gasteiger partial charge in [-0.15, -0.1) is 0 Å². The van der Waals surface area contributed by atoms with Gasteiger partial charge in [-0.25, -0.2) is 0 Å². The van der Waals surface area contributed by atoms with E-state index in [4.69, 9.17) is 112 Å². The van der Waals surface area contributed by atoms with Crippen LogP contribution in [0.15, 0.2) is 30.3 Å². The van der Waals surface area contributed by atoms with E-state index in [1.807, 2.05) is 6.92 Å². The zero-order chi connectivity index (χ0) is 112. The van der Waals surface area contributed by atoms with E-state index in [0.29, 0.717) is 65.7 Å². The Balaban J connectivity index is 0.000000206. The number of rotatable bonds is 49. The lowest BCUT2D eigenvalue weighted by atomic mass is 9.78. The summed E-state index contributed by atoms with van der Waals surface area (Å²) in [7, 11) is -29.7. The molecule has 0 spiro atoms. The third-order valence-electron chi connectivity index (χ3n) is 32.2. The first-order chi connectivity index (χ1) is 67.8. The lowest BCUT2D eigenvalue weighted by molar-refractivity contribution is -0.223. The van der Waals surface area contributed by atoms with E-state index < -0.39 is 275 Å². The number of hydrogen-bond acceptors (Lipinski definition) is 36. The predicted molar refractivity (Wildman–Crippen MR) is 527 cm³/mol. The summed E-state index contributed by atoms with van der Waals surface area (Å²) in [5, 5.41) is 138. The Morgan fingerprint density at radius 1 is 0.372 bits per heavy atom. The van der Waals surface area contributed by atoms with Crippen LogP contribution in [0.3, 0.4) is 0 Å². The standard InChI is InChI=1S/C19H31BN4O6S.C17H33BN4O6S.C16H31BN4O7S.C15H28BF3N4O6S.C14H26BF3N4O6S/c1-14(18(21)9-10-18)24(16-7-3-2-4-8-16)31(29,30)23-12-15(6-5-11-20(27)28)19(22,13-23)17(25)26;1-12(16(19)7-8-16)22(14-5-2-6-14)29(27,28)21-10-13(4-3-9-18(25)26)17(20,11-21)15(23)24;1-11(15(18)4-5-15)21(13-8-28-9-13)29(26,27)20-7-12(3-2-6-17(24)25)16(19,10-20)14(22)23;1-10(13(20)4-5-13)23(9-15(17,18)19)30(28,29)22-7-11(3-2-6-16(26)27)14(21,8-22)12(24)25;1-9(12(19)4-5-12)22(14(16,17)18)29(27,28)21-7-10(3-2-6-15(25)26)13(20,8-21)11(23)24/h2-4,7-8,14-15,27-28H,5-6,9-13,21-22H2,1H3,(H,25,26);12-14,25-26H,2-11,19-20H2,1H3,(H,23,24);11-13,24-25H,2-10,18-19H2,1H3,(H,22,23);10-11,26-27H,2-9,20-21H2,1H3,(H,24,25);9-10,25-26H,2-8,19-20H2,1H3,(H,23,24)/t14?,15-,19-;12?,13-,17-;11?,12-,16-;10?,11-,14-;9?,10-,13-/m00000/s1. The molecular weight excluding hydrogens is 2080 g/mol. The summed E-state index contributed by atoms with van der Waals surface area (Å²) in [6, 6.07) is 4.11. The lowest BCUT2D eigenvalue weighted by Gasteiger charge is -2.43. The van der Waals surface area contributed by atoms with Crippen LogP contribution in [0, 0.1) is 29.6 Å². The topological polar surface area (TPSA) is 861 Å². The number of nitrogens with two attached hydrogens (primary N) is 10. The van der Waals surface area contributed by atoms with E-state index in [0.717, 1.165) is 60.5 Å². The minimum absolute atomic E-state index is 0.000167. The molecule has 6 saturated carbocycles. The number of carboxylic acid groups (broad SMARTS) is 5.